The second-order valence-electron chi connectivity index (χ2n) is 6.75. The summed E-state index contributed by atoms with van der Waals surface area (Å²) in [6.45, 7) is 1.44. The quantitative estimate of drug-likeness (QED) is 0.536. The Labute approximate surface area is 170 Å². The number of ether oxygens (including phenoxy) is 1. The van der Waals surface area contributed by atoms with E-state index in [1.807, 2.05) is 4.90 Å². The first-order valence-electron chi connectivity index (χ1n) is 8.89. The molecule has 0 aliphatic carbocycles. The fourth-order valence-corrected chi connectivity index (χ4v) is 3.54. The summed E-state index contributed by atoms with van der Waals surface area (Å²) in [7, 11) is 1.28. The molecule has 11 heteroatoms. The third-order valence-electron chi connectivity index (χ3n) is 4.87. The highest BCUT2D eigenvalue weighted by molar-refractivity contribution is 6.33. The maximum atomic E-state index is 14.2. The zero-order valence-corrected chi connectivity index (χ0v) is 16.4. The number of halogens is 3. The van der Waals surface area contributed by atoms with Crippen molar-refractivity contribution in [3.05, 3.63) is 50.7 Å². The molecule has 1 aliphatic rings. The Balaban J connectivity index is 1.64. The number of nitro groups is 1. The Morgan fingerprint density at radius 1 is 1.38 bits per heavy atom. The summed E-state index contributed by atoms with van der Waals surface area (Å²) in [6.07, 6.45) is 2.54. The number of nitrogens with zero attached hydrogens (tertiary/aromatic N) is 3. The topological polar surface area (TPSA) is 107 Å². The van der Waals surface area contributed by atoms with Crippen LogP contribution in [0.4, 0.5) is 26.0 Å². The number of nitrogens with two attached hydrogens (primary N) is 1. The van der Waals surface area contributed by atoms with E-state index in [4.69, 9.17) is 22.1 Å². The number of anilines is 2. The van der Waals surface area contributed by atoms with Gasteiger partial charge in [-0.05, 0) is 18.9 Å². The van der Waals surface area contributed by atoms with Gasteiger partial charge in [0.15, 0.2) is 11.6 Å². The van der Waals surface area contributed by atoms with Crippen LogP contribution in [0.3, 0.4) is 0 Å². The van der Waals surface area contributed by atoms with Crippen molar-refractivity contribution in [3.8, 4) is 5.75 Å². The van der Waals surface area contributed by atoms with Gasteiger partial charge in [0.1, 0.15) is 11.5 Å². The molecule has 1 saturated heterocycles. The van der Waals surface area contributed by atoms with Gasteiger partial charge in [-0.3, -0.25) is 15.0 Å². The Bertz CT molecular complexity index is 923. The summed E-state index contributed by atoms with van der Waals surface area (Å²) in [5.41, 5.74) is 5.66. The lowest BCUT2D eigenvalue weighted by Gasteiger charge is -2.33. The predicted molar refractivity (Wildman–Crippen MR) is 105 cm³/mol. The lowest BCUT2D eigenvalue weighted by atomic mass is 10.0. The summed E-state index contributed by atoms with van der Waals surface area (Å²) < 4.78 is 32.8. The van der Waals surface area contributed by atoms with Crippen LogP contribution in [-0.2, 0) is 6.54 Å². The predicted octanol–water partition coefficient (Wildman–Crippen LogP) is 3.59. The Hall–Kier alpha value is -2.72. The minimum absolute atomic E-state index is 0.0818. The molecule has 0 saturated carbocycles. The minimum atomic E-state index is -0.618. The number of aromatic nitrogens is 1. The summed E-state index contributed by atoms with van der Waals surface area (Å²) in [5.74, 6) is -1.49. The maximum absolute atomic E-state index is 14.2. The molecule has 0 bridgehead atoms. The Kier molecular flexibility index (Phi) is 6.33. The SMILES string of the molecule is COc1cc(F)c(CN2CCC(Nc3c(Cl)cnc(N)c3[N+](=O)[O-])CC2)cc1F. The van der Waals surface area contributed by atoms with Crippen molar-refractivity contribution < 1.29 is 18.4 Å². The van der Waals surface area contributed by atoms with Crippen molar-refractivity contribution in [1.82, 2.24) is 9.88 Å². The monoisotopic (exact) mass is 427 g/mol. The molecule has 2 heterocycles. The standard InChI is InChI=1S/C18H20ClF2N5O3/c1-29-15-7-13(20)10(6-14(15)21)9-25-4-2-11(3-5-25)24-16-12(19)8-23-18(22)17(16)26(27)28/h6-8,11H,2-5,9H2,1H3,(H3,22,23,24). The van der Waals surface area contributed by atoms with E-state index in [9.17, 15) is 18.9 Å². The van der Waals surface area contributed by atoms with Gasteiger partial charge in [0.25, 0.3) is 0 Å². The molecular weight excluding hydrogens is 408 g/mol. The molecule has 1 aromatic heterocycles. The van der Waals surface area contributed by atoms with Gasteiger partial charge in [-0.15, -0.1) is 0 Å². The van der Waals surface area contributed by atoms with Gasteiger partial charge in [-0.25, -0.2) is 13.8 Å². The van der Waals surface area contributed by atoms with Crippen LogP contribution in [0.5, 0.6) is 5.75 Å². The highest BCUT2D eigenvalue weighted by Crippen LogP contribution is 2.36. The van der Waals surface area contributed by atoms with Gasteiger partial charge >= 0.3 is 5.69 Å². The lowest BCUT2D eigenvalue weighted by molar-refractivity contribution is -0.383. The van der Waals surface area contributed by atoms with Crippen molar-refractivity contribution in [3.63, 3.8) is 0 Å². The van der Waals surface area contributed by atoms with E-state index >= 15 is 0 Å². The smallest absolute Gasteiger partial charge is 0.335 e. The van der Waals surface area contributed by atoms with Crippen LogP contribution < -0.4 is 15.8 Å². The van der Waals surface area contributed by atoms with E-state index in [2.05, 4.69) is 10.3 Å². The van der Waals surface area contributed by atoms with Crippen molar-refractivity contribution in [1.29, 1.82) is 0 Å². The molecule has 0 atom stereocenters. The molecule has 0 amide bonds. The van der Waals surface area contributed by atoms with E-state index in [1.54, 1.807) is 0 Å². The van der Waals surface area contributed by atoms with E-state index < -0.39 is 16.6 Å². The van der Waals surface area contributed by atoms with Crippen LogP contribution in [0.25, 0.3) is 0 Å². The maximum Gasteiger partial charge on any atom is 0.335 e. The van der Waals surface area contributed by atoms with E-state index in [1.165, 1.54) is 13.3 Å². The average molecular weight is 428 g/mol. The van der Waals surface area contributed by atoms with Gasteiger partial charge in [-0.2, -0.15) is 0 Å². The molecule has 0 spiro atoms. The van der Waals surface area contributed by atoms with Crippen LogP contribution in [0.2, 0.25) is 5.02 Å². The minimum Gasteiger partial charge on any atom is -0.494 e. The van der Waals surface area contributed by atoms with Crippen molar-refractivity contribution >= 4 is 28.8 Å². The number of nitrogens with one attached hydrogen (secondary N) is 1. The zero-order chi connectivity index (χ0) is 21.1. The number of benzene rings is 1. The van der Waals surface area contributed by atoms with Gasteiger partial charge < -0.3 is 15.8 Å². The highest BCUT2D eigenvalue weighted by atomic mass is 35.5. The molecule has 3 N–H and O–H groups in total. The summed E-state index contributed by atoms with van der Waals surface area (Å²) in [6, 6.07) is 2.09. The average Bonchev–Trinajstić information content (AvgIpc) is 2.68. The molecule has 8 nitrogen and oxygen atoms in total. The van der Waals surface area contributed by atoms with Gasteiger partial charge in [0.05, 0.1) is 23.3 Å². The first kappa shape index (κ1) is 21.0. The molecule has 0 radical (unpaired) electrons. The highest BCUT2D eigenvalue weighted by Gasteiger charge is 2.27. The first-order chi connectivity index (χ1) is 13.8. The number of nitrogen functional groups attached to an aromatic ring is 1. The third-order valence-corrected chi connectivity index (χ3v) is 5.16. The summed E-state index contributed by atoms with van der Waals surface area (Å²) in [4.78, 5) is 16.4. The van der Waals surface area contributed by atoms with E-state index in [-0.39, 0.29) is 46.1 Å². The molecule has 156 valence electrons. The number of hydrogen-bond acceptors (Lipinski definition) is 7. The number of pyridine rings is 1. The van der Waals surface area contributed by atoms with E-state index in [0.717, 1.165) is 12.1 Å². The van der Waals surface area contributed by atoms with Crippen molar-refractivity contribution in [2.75, 3.05) is 31.2 Å². The number of likely N-dealkylation sites (tertiary alicyclic amines) is 1. The molecule has 2 aromatic rings. The lowest BCUT2D eigenvalue weighted by Crippen LogP contribution is -2.39. The molecule has 1 fully saturated rings. The van der Waals surface area contributed by atoms with Gasteiger partial charge in [0.2, 0.25) is 5.82 Å². The summed E-state index contributed by atoms with van der Waals surface area (Å²) in [5, 5.41) is 14.5. The third kappa shape index (κ3) is 4.65. The van der Waals surface area contributed by atoms with E-state index in [0.29, 0.717) is 25.9 Å². The van der Waals surface area contributed by atoms with Crippen LogP contribution >= 0.6 is 11.6 Å². The van der Waals surface area contributed by atoms with Crippen LogP contribution in [-0.4, -0.2) is 41.0 Å². The fraction of sp³-hybridized carbons (Fsp3) is 0.389. The fourth-order valence-electron chi connectivity index (χ4n) is 3.34. The number of piperidine rings is 1. The molecule has 29 heavy (non-hydrogen) atoms. The molecule has 1 aromatic carbocycles. The molecule has 3 rings (SSSR count). The molecular formula is C18H20ClF2N5O3. The Morgan fingerprint density at radius 2 is 2.07 bits per heavy atom. The zero-order valence-electron chi connectivity index (χ0n) is 15.6. The van der Waals surface area contributed by atoms with Gasteiger partial charge in [0, 0.05) is 37.3 Å². The van der Waals surface area contributed by atoms with Gasteiger partial charge in [-0.1, -0.05) is 11.6 Å². The number of rotatable bonds is 6. The van der Waals surface area contributed by atoms with Crippen LogP contribution in [0.15, 0.2) is 18.3 Å². The second-order valence-corrected chi connectivity index (χ2v) is 7.15. The van der Waals surface area contributed by atoms with Crippen LogP contribution in [0.1, 0.15) is 18.4 Å². The van der Waals surface area contributed by atoms with Crippen LogP contribution in [0, 0.1) is 21.7 Å². The second kappa shape index (κ2) is 8.75. The van der Waals surface area contributed by atoms with Crippen molar-refractivity contribution in [2.24, 2.45) is 0 Å². The largest absolute Gasteiger partial charge is 0.494 e. The summed E-state index contributed by atoms with van der Waals surface area (Å²) >= 11 is 6.07. The Morgan fingerprint density at radius 3 is 2.69 bits per heavy atom. The van der Waals surface area contributed by atoms with Crippen molar-refractivity contribution in [2.45, 2.75) is 25.4 Å². The molecule has 0 unspecified atom stereocenters. The number of methoxy groups -OCH3 is 1. The normalized spacial score (nSPS) is 15.3. The first-order valence-corrected chi connectivity index (χ1v) is 9.27. The molecule has 1 aliphatic heterocycles. The number of hydrogen-bond donors (Lipinski definition) is 2.